The minimum Gasteiger partial charge on any atom is -0.494 e. The standard InChI is InChI=1S/C13H21NO4S/c1-3-4-11-18-13-7-5-12(6-8-13)14(9-10-15)19(2,16)17/h5-8,15H,3-4,9-11H2,1-2H3. The van der Waals surface area contributed by atoms with E-state index < -0.39 is 10.0 Å². The fourth-order valence-corrected chi connectivity index (χ4v) is 2.54. The van der Waals surface area contributed by atoms with Crippen LogP contribution >= 0.6 is 0 Å². The van der Waals surface area contributed by atoms with E-state index in [4.69, 9.17) is 9.84 Å². The van der Waals surface area contributed by atoms with Crippen molar-refractivity contribution in [3.63, 3.8) is 0 Å². The van der Waals surface area contributed by atoms with Gasteiger partial charge in [0.15, 0.2) is 0 Å². The fraction of sp³-hybridized carbons (Fsp3) is 0.538. The number of unbranched alkanes of at least 4 members (excludes halogenated alkanes) is 1. The van der Waals surface area contributed by atoms with Crippen LogP contribution in [0, 0.1) is 0 Å². The quantitative estimate of drug-likeness (QED) is 0.738. The number of nitrogens with zero attached hydrogens (tertiary/aromatic N) is 1. The molecule has 0 spiro atoms. The molecule has 0 atom stereocenters. The number of aliphatic hydroxyl groups is 1. The van der Waals surface area contributed by atoms with Crippen LogP contribution in [0.2, 0.25) is 0 Å². The molecule has 108 valence electrons. The Hall–Kier alpha value is -1.27. The highest BCUT2D eigenvalue weighted by atomic mass is 32.2. The number of sulfonamides is 1. The highest BCUT2D eigenvalue weighted by Crippen LogP contribution is 2.21. The molecule has 1 N–H and O–H groups in total. The maximum atomic E-state index is 11.6. The van der Waals surface area contributed by atoms with Gasteiger partial charge in [0.25, 0.3) is 0 Å². The van der Waals surface area contributed by atoms with Crippen molar-refractivity contribution in [2.45, 2.75) is 19.8 Å². The molecule has 1 aromatic rings. The first kappa shape index (κ1) is 15.8. The van der Waals surface area contributed by atoms with Crippen molar-refractivity contribution in [2.24, 2.45) is 0 Å². The summed E-state index contributed by atoms with van der Waals surface area (Å²) in [5.41, 5.74) is 0.527. The molecule has 0 aliphatic rings. The summed E-state index contributed by atoms with van der Waals surface area (Å²) in [6, 6.07) is 6.83. The molecule has 1 aromatic carbocycles. The Balaban J connectivity index is 2.78. The van der Waals surface area contributed by atoms with Crippen LogP contribution in [0.1, 0.15) is 19.8 Å². The van der Waals surface area contributed by atoms with Crippen molar-refractivity contribution in [2.75, 3.05) is 30.3 Å². The van der Waals surface area contributed by atoms with Crippen LogP contribution in [-0.2, 0) is 10.0 Å². The monoisotopic (exact) mass is 287 g/mol. The van der Waals surface area contributed by atoms with Crippen LogP contribution in [0.15, 0.2) is 24.3 Å². The van der Waals surface area contributed by atoms with E-state index in [-0.39, 0.29) is 13.2 Å². The second kappa shape index (κ2) is 7.35. The fourth-order valence-electron chi connectivity index (χ4n) is 1.62. The second-order valence-corrected chi connectivity index (χ2v) is 6.16. The van der Waals surface area contributed by atoms with Crippen LogP contribution in [-0.4, -0.2) is 39.5 Å². The largest absolute Gasteiger partial charge is 0.494 e. The molecule has 0 amide bonds. The molecule has 0 fully saturated rings. The van der Waals surface area contributed by atoms with Crippen molar-refractivity contribution in [3.05, 3.63) is 24.3 Å². The summed E-state index contributed by atoms with van der Waals surface area (Å²) in [6.45, 7) is 2.57. The molecular formula is C13H21NO4S. The van der Waals surface area contributed by atoms with Gasteiger partial charge in [-0.05, 0) is 30.7 Å². The molecule has 1 rings (SSSR count). The SMILES string of the molecule is CCCCOc1ccc(N(CCO)S(C)(=O)=O)cc1. The molecule has 0 radical (unpaired) electrons. The average molecular weight is 287 g/mol. The van der Waals surface area contributed by atoms with Crippen molar-refractivity contribution < 1.29 is 18.3 Å². The van der Waals surface area contributed by atoms with E-state index in [0.717, 1.165) is 24.8 Å². The normalized spacial score (nSPS) is 11.3. The lowest BCUT2D eigenvalue weighted by atomic mass is 10.3. The minimum atomic E-state index is -3.38. The molecule has 0 saturated carbocycles. The molecule has 0 bridgehead atoms. The number of ether oxygens (including phenoxy) is 1. The number of benzene rings is 1. The average Bonchev–Trinajstić information content (AvgIpc) is 2.36. The van der Waals surface area contributed by atoms with E-state index in [2.05, 4.69) is 6.92 Å². The maximum Gasteiger partial charge on any atom is 0.232 e. The van der Waals surface area contributed by atoms with Crippen molar-refractivity contribution >= 4 is 15.7 Å². The van der Waals surface area contributed by atoms with Gasteiger partial charge >= 0.3 is 0 Å². The van der Waals surface area contributed by atoms with Crippen LogP contribution < -0.4 is 9.04 Å². The summed E-state index contributed by atoms with van der Waals surface area (Å²) in [6.07, 6.45) is 3.17. The third-order valence-corrected chi connectivity index (χ3v) is 3.79. The van der Waals surface area contributed by atoms with Crippen molar-refractivity contribution in [1.29, 1.82) is 0 Å². The highest BCUT2D eigenvalue weighted by Gasteiger charge is 2.16. The van der Waals surface area contributed by atoms with E-state index in [9.17, 15) is 8.42 Å². The molecule has 0 aliphatic carbocycles. The van der Waals surface area contributed by atoms with Gasteiger partial charge in [0.1, 0.15) is 5.75 Å². The lowest BCUT2D eigenvalue weighted by Gasteiger charge is -2.21. The molecule has 0 heterocycles. The minimum absolute atomic E-state index is 0.0505. The number of aliphatic hydroxyl groups excluding tert-OH is 1. The predicted octanol–water partition coefficient (Wildman–Crippen LogP) is 1.62. The lowest BCUT2D eigenvalue weighted by molar-refractivity contribution is 0.306. The summed E-state index contributed by atoms with van der Waals surface area (Å²) in [5.74, 6) is 0.717. The summed E-state index contributed by atoms with van der Waals surface area (Å²) in [7, 11) is -3.38. The molecule has 5 nitrogen and oxygen atoms in total. The van der Waals surface area contributed by atoms with Crippen molar-refractivity contribution in [3.8, 4) is 5.75 Å². The van der Waals surface area contributed by atoms with Gasteiger partial charge in [-0.15, -0.1) is 0 Å². The topological polar surface area (TPSA) is 66.8 Å². The van der Waals surface area contributed by atoms with Crippen molar-refractivity contribution in [1.82, 2.24) is 0 Å². The Morgan fingerprint density at radius 1 is 1.26 bits per heavy atom. The molecular weight excluding hydrogens is 266 g/mol. The first-order valence-corrected chi connectivity index (χ1v) is 8.15. The first-order chi connectivity index (χ1) is 8.99. The number of rotatable bonds is 8. The Kier molecular flexibility index (Phi) is 6.11. The number of anilines is 1. The van der Waals surface area contributed by atoms with E-state index in [1.807, 2.05) is 0 Å². The van der Waals surface area contributed by atoms with E-state index in [1.54, 1.807) is 24.3 Å². The second-order valence-electron chi connectivity index (χ2n) is 4.25. The summed E-state index contributed by atoms with van der Waals surface area (Å²) >= 11 is 0. The van der Waals surface area contributed by atoms with Crippen LogP contribution in [0.3, 0.4) is 0 Å². The molecule has 0 unspecified atom stereocenters. The van der Waals surface area contributed by atoms with E-state index in [1.165, 1.54) is 4.31 Å². The molecule has 0 aromatic heterocycles. The van der Waals surface area contributed by atoms with Crippen LogP contribution in [0.4, 0.5) is 5.69 Å². The Bertz CT molecular complexity index is 470. The Labute approximate surface area is 114 Å². The third-order valence-electron chi connectivity index (χ3n) is 2.59. The molecule has 0 saturated heterocycles. The number of hydrogen-bond donors (Lipinski definition) is 1. The van der Waals surface area contributed by atoms with Gasteiger partial charge < -0.3 is 9.84 Å². The zero-order valence-corrected chi connectivity index (χ0v) is 12.2. The van der Waals surface area contributed by atoms with Gasteiger partial charge in [0, 0.05) is 0 Å². The van der Waals surface area contributed by atoms with Gasteiger partial charge in [-0.1, -0.05) is 13.3 Å². The summed E-state index contributed by atoms with van der Waals surface area (Å²) < 4.78 is 29.9. The smallest absolute Gasteiger partial charge is 0.232 e. The first-order valence-electron chi connectivity index (χ1n) is 6.30. The maximum absolute atomic E-state index is 11.6. The van der Waals surface area contributed by atoms with Gasteiger partial charge in [-0.2, -0.15) is 0 Å². The molecule has 0 aliphatic heterocycles. The molecule has 19 heavy (non-hydrogen) atoms. The van der Waals surface area contributed by atoms with Gasteiger partial charge in [-0.25, -0.2) is 8.42 Å². The number of hydrogen-bond acceptors (Lipinski definition) is 4. The predicted molar refractivity (Wildman–Crippen MR) is 76.1 cm³/mol. The summed E-state index contributed by atoms with van der Waals surface area (Å²) in [4.78, 5) is 0. The van der Waals surface area contributed by atoms with Gasteiger partial charge in [0.2, 0.25) is 10.0 Å². The van der Waals surface area contributed by atoms with Crippen LogP contribution in [0.5, 0.6) is 5.75 Å². The zero-order valence-electron chi connectivity index (χ0n) is 11.4. The third kappa shape index (κ3) is 5.08. The van der Waals surface area contributed by atoms with Gasteiger partial charge in [-0.3, -0.25) is 4.31 Å². The Morgan fingerprint density at radius 3 is 2.37 bits per heavy atom. The summed E-state index contributed by atoms with van der Waals surface area (Å²) in [5, 5.41) is 8.93. The van der Waals surface area contributed by atoms with Crippen LogP contribution in [0.25, 0.3) is 0 Å². The lowest BCUT2D eigenvalue weighted by Crippen LogP contribution is -2.32. The zero-order chi connectivity index (χ0) is 14.3. The van der Waals surface area contributed by atoms with E-state index in [0.29, 0.717) is 12.3 Å². The Morgan fingerprint density at radius 2 is 1.89 bits per heavy atom. The molecule has 6 heteroatoms. The van der Waals surface area contributed by atoms with E-state index >= 15 is 0 Å². The van der Waals surface area contributed by atoms with Gasteiger partial charge in [0.05, 0.1) is 31.7 Å². The highest BCUT2D eigenvalue weighted by molar-refractivity contribution is 7.92.